The normalized spacial score (nSPS) is 10.3. The van der Waals surface area contributed by atoms with E-state index in [0.29, 0.717) is 6.54 Å². The van der Waals surface area contributed by atoms with E-state index in [1.54, 1.807) is 5.51 Å². The number of hydrogen-bond acceptors (Lipinski definition) is 4. The van der Waals surface area contributed by atoms with Gasteiger partial charge < -0.3 is 10.4 Å². The van der Waals surface area contributed by atoms with Crippen LogP contribution in [0.3, 0.4) is 0 Å². The van der Waals surface area contributed by atoms with Crippen LogP contribution in [0, 0.1) is 5.82 Å². The number of rotatable bonds is 4. The van der Waals surface area contributed by atoms with Crippen LogP contribution in [-0.2, 0) is 6.54 Å². The number of aromatic carboxylic acids is 1. The Morgan fingerprint density at radius 2 is 2.33 bits per heavy atom. The highest BCUT2D eigenvalue weighted by Crippen LogP contribution is 2.27. The predicted octanol–water partition coefficient (Wildman–Crippen LogP) is 3.36. The zero-order valence-corrected chi connectivity index (χ0v) is 11.4. The lowest BCUT2D eigenvalue weighted by Crippen LogP contribution is -2.05. The SMILES string of the molecule is O=C(O)c1ccc(NCc2cscn2)c(F)c1Br. The number of carboxylic acid groups (broad SMARTS) is 1. The molecule has 2 rings (SSSR count). The van der Waals surface area contributed by atoms with Crippen molar-refractivity contribution in [1.29, 1.82) is 0 Å². The fourth-order valence-electron chi connectivity index (χ4n) is 1.36. The molecule has 0 saturated heterocycles. The van der Waals surface area contributed by atoms with Crippen molar-refractivity contribution < 1.29 is 14.3 Å². The fourth-order valence-corrected chi connectivity index (χ4v) is 2.44. The third-order valence-electron chi connectivity index (χ3n) is 2.26. The molecule has 0 radical (unpaired) electrons. The second kappa shape index (κ2) is 5.45. The number of nitrogens with one attached hydrogen (secondary N) is 1. The summed E-state index contributed by atoms with van der Waals surface area (Å²) in [4.78, 5) is 14.9. The molecular weight excluding hydrogens is 323 g/mol. The summed E-state index contributed by atoms with van der Waals surface area (Å²) < 4.78 is 13.8. The van der Waals surface area contributed by atoms with Gasteiger partial charge in [-0.15, -0.1) is 11.3 Å². The monoisotopic (exact) mass is 330 g/mol. The molecule has 0 saturated carbocycles. The molecule has 94 valence electrons. The smallest absolute Gasteiger partial charge is 0.336 e. The Kier molecular flexibility index (Phi) is 3.93. The van der Waals surface area contributed by atoms with E-state index in [4.69, 9.17) is 5.11 Å². The molecular formula is C11H8BrFN2O2S. The van der Waals surface area contributed by atoms with E-state index in [1.165, 1.54) is 23.5 Å². The minimum atomic E-state index is -1.17. The van der Waals surface area contributed by atoms with E-state index < -0.39 is 11.8 Å². The maximum atomic E-state index is 13.9. The third-order valence-corrected chi connectivity index (χ3v) is 3.67. The molecule has 0 fully saturated rings. The second-order valence-corrected chi connectivity index (χ2v) is 4.94. The molecule has 4 nitrogen and oxygen atoms in total. The molecule has 7 heteroatoms. The van der Waals surface area contributed by atoms with Crippen LogP contribution in [0.2, 0.25) is 0 Å². The van der Waals surface area contributed by atoms with Gasteiger partial charge in [0.25, 0.3) is 0 Å². The van der Waals surface area contributed by atoms with Gasteiger partial charge in [-0.3, -0.25) is 0 Å². The number of carboxylic acids is 1. The van der Waals surface area contributed by atoms with Gasteiger partial charge in [-0.2, -0.15) is 0 Å². The Morgan fingerprint density at radius 1 is 1.56 bits per heavy atom. The van der Waals surface area contributed by atoms with E-state index in [9.17, 15) is 9.18 Å². The summed E-state index contributed by atoms with van der Waals surface area (Å²) in [6, 6.07) is 2.74. The van der Waals surface area contributed by atoms with Crippen molar-refractivity contribution in [2.45, 2.75) is 6.54 Å². The molecule has 0 atom stereocenters. The first-order valence-electron chi connectivity index (χ1n) is 4.92. The van der Waals surface area contributed by atoms with Crippen LogP contribution in [0.4, 0.5) is 10.1 Å². The average Bonchev–Trinajstić information content (AvgIpc) is 2.83. The van der Waals surface area contributed by atoms with Gasteiger partial charge in [0.05, 0.1) is 33.5 Å². The molecule has 1 aromatic carbocycles. The summed E-state index contributed by atoms with van der Waals surface area (Å²) in [5.41, 5.74) is 2.63. The van der Waals surface area contributed by atoms with Gasteiger partial charge in [-0.25, -0.2) is 14.2 Å². The molecule has 0 aliphatic heterocycles. The average molecular weight is 331 g/mol. The summed E-state index contributed by atoms with van der Waals surface area (Å²) in [5, 5.41) is 13.6. The number of carbonyl (C=O) groups is 1. The van der Waals surface area contributed by atoms with E-state index >= 15 is 0 Å². The third kappa shape index (κ3) is 2.68. The number of anilines is 1. The van der Waals surface area contributed by atoms with Gasteiger partial charge in [0.2, 0.25) is 0 Å². The molecule has 18 heavy (non-hydrogen) atoms. The lowest BCUT2D eigenvalue weighted by Gasteiger charge is -2.08. The van der Waals surface area contributed by atoms with E-state index in [1.807, 2.05) is 5.38 Å². The van der Waals surface area contributed by atoms with Gasteiger partial charge in [-0.1, -0.05) is 0 Å². The van der Waals surface area contributed by atoms with Gasteiger partial charge in [0.1, 0.15) is 0 Å². The summed E-state index contributed by atoms with van der Waals surface area (Å²) in [7, 11) is 0. The van der Waals surface area contributed by atoms with Crippen LogP contribution in [0.1, 0.15) is 16.1 Å². The fraction of sp³-hybridized carbons (Fsp3) is 0.0909. The Labute approximate surface area is 115 Å². The number of nitrogens with zero attached hydrogens (tertiary/aromatic N) is 1. The zero-order valence-electron chi connectivity index (χ0n) is 8.98. The van der Waals surface area contributed by atoms with Crippen LogP contribution in [0.5, 0.6) is 0 Å². The zero-order chi connectivity index (χ0) is 13.1. The molecule has 0 spiro atoms. The molecule has 0 amide bonds. The Balaban J connectivity index is 2.19. The number of aromatic nitrogens is 1. The van der Waals surface area contributed by atoms with Gasteiger partial charge in [0, 0.05) is 5.38 Å². The first-order chi connectivity index (χ1) is 8.59. The van der Waals surface area contributed by atoms with E-state index in [0.717, 1.165) is 5.69 Å². The number of hydrogen-bond donors (Lipinski definition) is 2. The second-order valence-electron chi connectivity index (χ2n) is 3.43. The molecule has 1 heterocycles. The quantitative estimate of drug-likeness (QED) is 0.902. The first-order valence-corrected chi connectivity index (χ1v) is 6.65. The maximum Gasteiger partial charge on any atom is 0.336 e. The van der Waals surface area contributed by atoms with Gasteiger partial charge >= 0.3 is 5.97 Å². The van der Waals surface area contributed by atoms with Crippen molar-refractivity contribution in [3.63, 3.8) is 0 Å². The van der Waals surface area contributed by atoms with Crippen LogP contribution < -0.4 is 5.32 Å². The first kappa shape index (κ1) is 13.0. The van der Waals surface area contributed by atoms with Crippen molar-refractivity contribution >= 4 is 38.9 Å². The van der Waals surface area contributed by atoms with Crippen LogP contribution in [-0.4, -0.2) is 16.1 Å². The number of thiazole rings is 1. The highest BCUT2D eigenvalue weighted by molar-refractivity contribution is 9.10. The highest BCUT2D eigenvalue weighted by atomic mass is 79.9. The minimum absolute atomic E-state index is 0.0572. The topological polar surface area (TPSA) is 62.2 Å². The molecule has 0 aliphatic rings. The number of halogens is 2. The van der Waals surface area contributed by atoms with Gasteiger partial charge in [0.15, 0.2) is 5.82 Å². The summed E-state index contributed by atoms with van der Waals surface area (Å²) in [6.45, 7) is 0.388. The van der Waals surface area contributed by atoms with Crippen LogP contribution >= 0.6 is 27.3 Å². The van der Waals surface area contributed by atoms with Crippen molar-refractivity contribution in [3.8, 4) is 0 Å². The molecule has 0 unspecified atom stereocenters. The molecule has 0 bridgehead atoms. The Morgan fingerprint density at radius 3 is 2.94 bits per heavy atom. The van der Waals surface area contributed by atoms with Gasteiger partial charge in [-0.05, 0) is 28.1 Å². The number of benzene rings is 1. The summed E-state index contributed by atoms with van der Waals surface area (Å²) in [5.74, 6) is -1.79. The lowest BCUT2D eigenvalue weighted by molar-refractivity contribution is 0.0695. The van der Waals surface area contributed by atoms with Crippen molar-refractivity contribution in [1.82, 2.24) is 4.98 Å². The maximum absolute atomic E-state index is 13.9. The lowest BCUT2D eigenvalue weighted by atomic mass is 10.2. The summed E-state index contributed by atoms with van der Waals surface area (Å²) in [6.07, 6.45) is 0. The molecule has 2 N–H and O–H groups in total. The van der Waals surface area contributed by atoms with Crippen LogP contribution in [0.15, 0.2) is 27.5 Å². The summed E-state index contributed by atoms with van der Waals surface area (Å²) >= 11 is 4.40. The highest BCUT2D eigenvalue weighted by Gasteiger charge is 2.15. The molecule has 2 aromatic rings. The van der Waals surface area contributed by atoms with Crippen molar-refractivity contribution in [2.75, 3.05) is 5.32 Å². The largest absolute Gasteiger partial charge is 0.478 e. The predicted molar refractivity (Wildman–Crippen MR) is 70.5 cm³/mol. The molecule has 0 aliphatic carbocycles. The Hall–Kier alpha value is -1.47. The standard InChI is InChI=1S/C11H8BrFN2O2S/c12-9-7(11(16)17)1-2-8(10(9)13)14-3-6-4-18-5-15-6/h1-2,4-5,14H,3H2,(H,16,17). The minimum Gasteiger partial charge on any atom is -0.478 e. The van der Waals surface area contributed by atoms with Crippen LogP contribution in [0.25, 0.3) is 0 Å². The van der Waals surface area contributed by atoms with E-state index in [-0.39, 0.29) is 15.7 Å². The molecule has 1 aromatic heterocycles. The van der Waals surface area contributed by atoms with E-state index in [2.05, 4.69) is 26.2 Å². The Bertz CT molecular complexity index is 575. The van der Waals surface area contributed by atoms with Crippen molar-refractivity contribution in [3.05, 3.63) is 44.6 Å². The van der Waals surface area contributed by atoms with Crippen molar-refractivity contribution in [2.24, 2.45) is 0 Å².